The van der Waals surface area contributed by atoms with E-state index in [4.69, 9.17) is 29.9 Å². The largest absolute Gasteiger partial charge is 0.246 e. The van der Waals surface area contributed by atoms with Crippen molar-refractivity contribution in [3.05, 3.63) is 212 Å². The van der Waals surface area contributed by atoms with Crippen LogP contribution in [0.3, 0.4) is 0 Å². The standard InChI is InChI=1S/C63H48N6/c1-34-13-7-19-46-40-25-41-30-54(66-60-36(3)15-8-20-47(41)60)55-32-44(50-23-11-17-38(5)62(50)67-55)27-45-33-57(69-63-39(6)18-12-24-51(45)63)56-31-43(49-22-10-16-37(4)61(49)68-56)26-42-29-53(52(28-40)64-58(34)46)65-59-35(2)14-9-21-48(42)59/h7-24,28-33H,25-27H2,1-6H3. The van der Waals surface area contributed by atoms with E-state index >= 15 is 0 Å². The molecule has 0 aliphatic heterocycles. The number of fused-ring (bicyclic) bond motifs is 27. The fraction of sp³-hybridized carbons (Fsp3) is 0.143. The summed E-state index contributed by atoms with van der Waals surface area (Å²) in [6.07, 6.45) is 2.00. The smallest absolute Gasteiger partial charge is 0.0897 e. The monoisotopic (exact) mass is 888 g/mol. The lowest BCUT2D eigenvalue weighted by atomic mass is 9.93. The molecule has 6 aromatic heterocycles. The fourth-order valence-corrected chi connectivity index (χ4v) is 11.1. The molecule has 12 bridgehead atoms. The van der Waals surface area contributed by atoms with Crippen molar-refractivity contribution in [1.82, 2.24) is 29.9 Å². The van der Waals surface area contributed by atoms with E-state index in [1.807, 2.05) is 0 Å². The third kappa shape index (κ3) is 6.76. The number of aromatic nitrogens is 6. The highest BCUT2D eigenvalue weighted by Crippen LogP contribution is 2.38. The Morgan fingerprint density at radius 1 is 0.232 bits per heavy atom. The van der Waals surface area contributed by atoms with Gasteiger partial charge in [0.25, 0.3) is 0 Å². The van der Waals surface area contributed by atoms with E-state index in [0.717, 1.165) is 133 Å². The van der Waals surface area contributed by atoms with Gasteiger partial charge in [-0.05, 0) is 164 Å². The molecular weight excluding hydrogens is 841 g/mol. The van der Waals surface area contributed by atoms with Gasteiger partial charge in [-0.1, -0.05) is 109 Å². The van der Waals surface area contributed by atoms with Crippen molar-refractivity contribution < 1.29 is 0 Å². The molecule has 13 rings (SSSR count). The maximum atomic E-state index is 5.47. The van der Waals surface area contributed by atoms with Crippen molar-refractivity contribution in [3.63, 3.8) is 0 Å². The van der Waals surface area contributed by atoms with Crippen molar-refractivity contribution in [2.24, 2.45) is 0 Å². The Hall–Kier alpha value is -8.22. The molecule has 0 atom stereocenters. The van der Waals surface area contributed by atoms with Crippen LogP contribution in [0.15, 0.2) is 146 Å². The van der Waals surface area contributed by atoms with Crippen LogP contribution in [-0.2, 0) is 19.3 Å². The third-order valence-electron chi connectivity index (χ3n) is 14.7. The summed E-state index contributed by atoms with van der Waals surface area (Å²) in [5.41, 5.74) is 25.0. The number of hydrogen-bond acceptors (Lipinski definition) is 6. The van der Waals surface area contributed by atoms with E-state index < -0.39 is 0 Å². The lowest BCUT2D eigenvalue weighted by Crippen LogP contribution is -2.02. The predicted octanol–water partition coefficient (Wildman–Crippen LogP) is 14.9. The van der Waals surface area contributed by atoms with Gasteiger partial charge < -0.3 is 0 Å². The Morgan fingerprint density at radius 2 is 0.391 bits per heavy atom. The van der Waals surface area contributed by atoms with E-state index in [2.05, 4.69) is 187 Å². The summed E-state index contributed by atoms with van der Waals surface area (Å²) in [5.74, 6) is 0. The maximum Gasteiger partial charge on any atom is 0.0897 e. The highest BCUT2D eigenvalue weighted by atomic mass is 14.8. The highest BCUT2D eigenvalue weighted by molar-refractivity contribution is 5.96. The van der Waals surface area contributed by atoms with Crippen LogP contribution in [-0.4, -0.2) is 29.9 Å². The Balaban J connectivity index is 1.16. The molecule has 69 heavy (non-hydrogen) atoms. The molecular formula is C63H48N6. The molecule has 1 aliphatic carbocycles. The first kappa shape index (κ1) is 41.0. The van der Waals surface area contributed by atoms with Crippen molar-refractivity contribution >= 4 is 65.4 Å². The number of aryl methyl sites for hydroxylation is 6. The molecule has 0 amide bonds. The van der Waals surface area contributed by atoms with E-state index in [1.54, 1.807) is 0 Å². The second-order valence-corrected chi connectivity index (χ2v) is 19.4. The molecule has 0 fully saturated rings. The third-order valence-corrected chi connectivity index (χ3v) is 14.7. The SMILES string of the molecule is Cc1cccc2c3cc(nc12)-c1cc(c2cccc(C)c2n1)Cc1cc(nc2c(C)cccc12)-c1cc(c2cccc(C)c2n1)Cc1cc(nc2c(C)cccc12)-c1cc(c2cccc(C)c2n1)C3. The highest BCUT2D eigenvalue weighted by Gasteiger charge is 2.22. The van der Waals surface area contributed by atoms with Gasteiger partial charge in [-0.2, -0.15) is 0 Å². The summed E-state index contributed by atoms with van der Waals surface area (Å²) in [6.45, 7) is 13.0. The topological polar surface area (TPSA) is 77.3 Å². The lowest BCUT2D eigenvalue weighted by molar-refractivity contribution is 1.17. The number of para-hydroxylation sites is 6. The second-order valence-electron chi connectivity index (χ2n) is 19.4. The molecule has 0 radical (unpaired) electrons. The van der Waals surface area contributed by atoms with Gasteiger partial charge in [-0.3, -0.25) is 0 Å². The van der Waals surface area contributed by atoms with Crippen LogP contribution in [0.5, 0.6) is 0 Å². The zero-order valence-corrected chi connectivity index (χ0v) is 39.7. The van der Waals surface area contributed by atoms with Crippen molar-refractivity contribution in [1.29, 1.82) is 0 Å². The van der Waals surface area contributed by atoms with Crippen LogP contribution in [0.1, 0.15) is 66.8 Å². The molecule has 0 spiro atoms. The van der Waals surface area contributed by atoms with E-state index in [1.165, 1.54) is 33.4 Å². The predicted molar refractivity (Wildman–Crippen MR) is 284 cm³/mol. The van der Waals surface area contributed by atoms with Gasteiger partial charge in [0.05, 0.1) is 67.3 Å². The fourth-order valence-electron chi connectivity index (χ4n) is 11.1. The Labute approximate surface area is 400 Å². The molecule has 12 aromatic rings. The zero-order chi connectivity index (χ0) is 46.7. The number of rotatable bonds is 0. The van der Waals surface area contributed by atoms with Gasteiger partial charge in [-0.15, -0.1) is 0 Å². The number of nitrogens with zero attached hydrogens (tertiary/aromatic N) is 6. The molecule has 6 heterocycles. The summed E-state index contributed by atoms with van der Waals surface area (Å²) < 4.78 is 0. The first-order valence-corrected chi connectivity index (χ1v) is 24.0. The van der Waals surface area contributed by atoms with Crippen molar-refractivity contribution in [2.75, 3.05) is 0 Å². The average Bonchev–Trinajstić information content (AvgIpc) is 3.35. The zero-order valence-electron chi connectivity index (χ0n) is 39.7. The van der Waals surface area contributed by atoms with Crippen molar-refractivity contribution in [3.8, 4) is 34.2 Å². The minimum absolute atomic E-state index is 0.667. The minimum atomic E-state index is 0.667. The first-order valence-electron chi connectivity index (χ1n) is 24.0. The Kier molecular flexibility index (Phi) is 9.32. The molecule has 0 N–H and O–H groups in total. The molecule has 6 heteroatoms. The van der Waals surface area contributed by atoms with Gasteiger partial charge in [-0.25, -0.2) is 29.9 Å². The average molecular weight is 889 g/mol. The van der Waals surface area contributed by atoms with E-state index in [0.29, 0.717) is 19.3 Å². The maximum absolute atomic E-state index is 5.47. The quantitative estimate of drug-likeness (QED) is 0.151. The number of benzene rings is 6. The molecule has 0 unspecified atom stereocenters. The summed E-state index contributed by atoms with van der Waals surface area (Å²) in [7, 11) is 0. The first-order chi connectivity index (χ1) is 33.6. The van der Waals surface area contributed by atoms with Crippen LogP contribution >= 0.6 is 0 Å². The lowest BCUT2D eigenvalue weighted by Gasteiger charge is -2.17. The van der Waals surface area contributed by atoms with E-state index in [9.17, 15) is 0 Å². The van der Waals surface area contributed by atoms with E-state index in [-0.39, 0.29) is 0 Å². The van der Waals surface area contributed by atoms with Crippen LogP contribution in [0, 0.1) is 41.5 Å². The van der Waals surface area contributed by atoms with Crippen LogP contribution in [0.4, 0.5) is 0 Å². The van der Waals surface area contributed by atoms with Gasteiger partial charge in [0.2, 0.25) is 0 Å². The summed E-state index contributed by atoms with van der Waals surface area (Å²) in [4.78, 5) is 32.8. The minimum Gasteiger partial charge on any atom is -0.246 e. The number of hydrogen-bond donors (Lipinski definition) is 0. The molecule has 330 valence electrons. The molecule has 0 saturated heterocycles. The van der Waals surface area contributed by atoms with Crippen LogP contribution < -0.4 is 0 Å². The Bertz CT molecular complexity index is 3490. The molecule has 6 nitrogen and oxygen atoms in total. The molecule has 6 aromatic carbocycles. The molecule has 0 saturated carbocycles. The summed E-state index contributed by atoms with van der Waals surface area (Å²) in [6, 6.07) is 52.9. The molecule has 1 aliphatic rings. The normalized spacial score (nSPS) is 12.6. The second kappa shape index (κ2) is 15.7. The Morgan fingerprint density at radius 3 is 0.551 bits per heavy atom. The van der Waals surface area contributed by atoms with Crippen LogP contribution in [0.2, 0.25) is 0 Å². The summed E-state index contributed by atoms with van der Waals surface area (Å²) >= 11 is 0. The van der Waals surface area contributed by atoms with Crippen LogP contribution in [0.25, 0.3) is 99.6 Å². The van der Waals surface area contributed by atoms with Gasteiger partial charge in [0, 0.05) is 32.3 Å². The number of pyridine rings is 6. The van der Waals surface area contributed by atoms with Gasteiger partial charge >= 0.3 is 0 Å². The summed E-state index contributed by atoms with van der Waals surface area (Å²) in [5, 5.41) is 6.83. The van der Waals surface area contributed by atoms with Gasteiger partial charge in [0.15, 0.2) is 0 Å². The van der Waals surface area contributed by atoms with Gasteiger partial charge in [0.1, 0.15) is 0 Å². The van der Waals surface area contributed by atoms with Crippen molar-refractivity contribution in [2.45, 2.75) is 60.8 Å².